The molecule has 20 heavy (non-hydrogen) atoms. The first-order valence-electron chi connectivity index (χ1n) is 5.40. The van der Waals surface area contributed by atoms with E-state index in [0.717, 1.165) is 0 Å². The van der Waals surface area contributed by atoms with Crippen LogP contribution in [-0.4, -0.2) is 26.3 Å². The lowest BCUT2D eigenvalue weighted by Gasteiger charge is -2.14. The highest BCUT2D eigenvalue weighted by Crippen LogP contribution is 2.33. The van der Waals surface area contributed by atoms with Crippen molar-refractivity contribution in [1.29, 1.82) is 0 Å². The first-order valence-corrected chi connectivity index (χ1v) is 8.69. The molecular formula is C11H12ClF3O3S2. The monoisotopic (exact) mass is 348 g/mol. The van der Waals surface area contributed by atoms with Gasteiger partial charge in [-0.05, 0) is 42.8 Å². The molecule has 0 aromatic heterocycles. The Labute approximate surface area is 123 Å². The van der Waals surface area contributed by atoms with Crippen LogP contribution in [0.1, 0.15) is 11.1 Å². The van der Waals surface area contributed by atoms with Crippen molar-refractivity contribution in [2.45, 2.75) is 24.3 Å². The highest BCUT2D eigenvalue weighted by molar-refractivity contribution is 8.13. The maximum atomic E-state index is 12.0. The van der Waals surface area contributed by atoms with E-state index in [0.29, 0.717) is 11.1 Å². The van der Waals surface area contributed by atoms with E-state index in [9.17, 15) is 21.6 Å². The molecule has 0 unspecified atom stereocenters. The molecule has 0 saturated heterocycles. The van der Waals surface area contributed by atoms with Crippen molar-refractivity contribution in [1.82, 2.24) is 0 Å². The van der Waals surface area contributed by atoms with E-state index in [2.05, 4.69) is 0 Å². The van der Waals surface area contributed by atoms with Crippen LogP contribution in [0.5, 0.6) is 5.75 Å². The van der Waals surface area contributed by atoms with E-state index < -0.39 is 14.6 Å². The third kappa shape index (κ3) is 5.41. The van der Waals surface area contributed by atoms with Gasteiger partial charge in [0.2, 0.25) is 0 Å². The summed E-state index contributed by atoms with van der Waals surface area (Å²) in [7, 11) is 1.27. The summed E-state index contributed by atoms with van der Waals surface area (Å²) in [6.45, 7) is 3.01. The summed E-state index contributed by atoms with van der Waals surface area (Å²) in [4.78, 5) is -0.228. The lowest BCUT2D eigenvalue weighted by molar-refractivity contribution is -0.0329. The van der Waals surface area contributed by atoms with Crippen LogP contribution in [0.4, 0.5) is 13.2 Å². The fourth-order valence-corrected chi connectivity index (χ4v) is 3.09. The molecule has 114 valence electrons. The van der Waals surface area contributed by atoms with E-state index in [1.165, 1.54) is 6.07 Å². The fourth-order valence-electron chi connectivity index (χ4n) is 1.58. The molecule has 0 heterocycles. The molecule has 1 aromatic carbocycles. The van der Waals surface area contributed by atoms with Crippen LogP contribution in [0.15, 0.2) is 17.0 Å². The highest BCUT2D eigenvalue weighted by atomic mass is 35.7. The predicted octanol–water partition coefficient (Wildman–Crippen LogP) is 3.86. The summed E-state index contributed by atoms with van der Waals surface area (Å²) >= 11 is -0.232. The lowest BCUT2D eigenvalue weighted by Crippen LogP contribution is -2.09. The van der Waals surface area contributed by atoms with E-state index in [1.807, 2.05) is 0 Å². The first-order chi connectivity index (χ1) is 9.00. The van der Waals surface area contributed by atoms with Crippen molar-refractivity contribution in [3.63, 3.8) is 0 Å². The molecule has 0 atom stereocenters. The summed E-state index contributed by atoms with van der Waals surface area (Å²) in [6.07, 6.45) is 0. The van der Waals surface area contributed by atoms with E-state index in [1.54, 1.807) is 19.9 Å². The largest absolute Gasteiger partial charge is 0.491 e. The molecule has 9 heteroatoms. The van der Waals surface area contributed by atoms with Gasteiger partial charge in [-0.25, -0.2) is 8.42 Å². The van der Waals surface area contributed by atoms with Gasteiger partial charge in [-0.1, -0.05) is 6.07 Å². The molecule has 1 rings (SSSR count). The van der Waals surface area contributed by atoms with Gasteiger partial charge < -0.3 is 4.74 Å². The second-order valence-electron chi connectivity index (χ2n) is 3.99. The van der Waals surface area contributed by atoms with Crippen LogP contribution in [0.2, 0.25) is 0 Å². The standard InChI is InChI=1S/C11H12ClF3O3S2/c1-7-5-8(2)10(9(6-7)20(12,16)17)18-3-4-19-11(13,14)15/h5-6H,3-4H2,1-2H3. The van der Waals surface area contributed by atoms with Gasteiger partial charge in [-0.3, -0.25) is 0 Å². The first kappa shape index (κ1) is 17.5. The molecule has 0 fully saturated rings. The second kappa shape index (κ2) is 6.44. The summed E-state index contributed by atoms with van der Waals surface area (Å²) in [5, 5.41) is 0. The van der Waals surface area contributed by atoms with Crippen molar-refractivity contribution >= 4 is 31.5 Å². The average Bonchev–Trinajstić information content (AvgIpc) is 2.23. The minimum atomic E-state index is -4.34. The number of alkyl halides is 3. The average molecular weight is 349 g/mol. The van der Waals surface area contributed by atoms with Gasteiger partial charge in [0.05, 0.1) is 6.61 Å². The molecular weight excluding hydrogens is 337 g/mol. The van der Waals surface area contributed by atoms with E-state index in [4.69, 9.17) is 15.4 Å². The van der Waals surface area contributed by atoms with Crippen LogP contribution >= 0.6 is 22.4 Å². The number of thioether (sulfide) groups is 1. The van der Waals surface area contributed by atoms with Crippen LogP contribution in [-0.2, 0) is 9.05 Å². The number of halogens is 4. The highest BCUT2D eigenvalue weighted by Gasteiger charge is 2.28. The lowest BCUT2D eigenvalue weighted by atomic mass is 10.1. The van der Waals surface area contributed by atoms with E-state index >= 15 is 0 Å². The molecule has 0 saturated carbocycles. The normalized spacial score (nSPS) is 12.5. The Kier molecular flexibility index (Phi) is 5.62. The number of hydrogen-bond acceptors (Lipinski definition) is 4. The number of rotatable bonds is 5. The topological polar surface area (TPSA) is 43.4 Å². The second-order valence-corrected chi connectivity index (χ2v) is 7.68. The molecule has 0 aliphatic carbocycles. The fraction of sp³-hybridized carbons (Fsp3) is 0.455. The number of aryl methyl sites for hydroxylation is 2. The van der Waals surface area contributed by atoms with Crippen molar-refractivity contribution in [2.75, 3.05) is 12.4 Å². The Morgan fingerprint density at radius 2 is 1.90 bits per heavy atom. The maximum absolute atomic E-state index is 12.0. The zero-order chi connectivity index (χ0) is 15.6. The van der Waals surface area contributed by atoms with Gasteiger partial charge in [0.15, 0.2) is 0 Å². The van der Waals surface area contributed by atoms with Crippen LogP contribution in [0.25, 0.3) is 0 Å². The molecule has 0 radical (unpaired) electrons. The minimum absolute atomic E-state index is 0.00613. The van der Waals surface area contributed by atoms with Crippen molar-refractivity contribution in [2.24, 2.45) is 0 Å². The maximum Gasteiger partial charge on any atom is 0.441 e. The number of hydrogen-bond donors (Lipinski definition) is 0. The number of ether oxygens (including phenoxy) is 1. The van der Waals surface area contributed by atoms with Crippen molar-refractivity contribution in [3.05, 3.63) is 23.3 Å². The zero-order valence-electron chi connectivity index (χ0n) is 10.6. The Hall–Kier alpha value is -0.600. The van der Waals surface area contributed by atoms with Gasteiger partial charge in [0.1, 0.15) is 10.6 Å². The van der Waals surface area contributed by atoms with Gasteiger partial charge >= 0.3 is 5.51 Å². The third-order valence-electron chi connectivity index (χ3n) is 2.24. The molecule has 0 N–H and O–H groups in total. The summed E-state index contributed by atoms with van der Waals surface area (Å²) < 4.78 is 64.0. The third-order valence-corrected chi connectivity index (χ3v) is 4.27. The molecule has 0 bridgehead atoms. The van der Waals surface area contributed by atoms with Gasteiger partial charge in [0.25, 0.3) is 9.05 Å². The van der Waals surface area contributed by atoms with Crippen LogP contribution < -0.4 is 4.74 Å². The Morgan fingerprint density at radius 1 is 1.30 bits per heavy atom. The van der Waals surface area contributed by atoms with Gasteiger partial charge in [-0.2, -0.15) is 13.2 Å². The Bertz CT molecular complexity index is 585. The molecule has 0 amide bonds. The van der Waals surface area contributed by atoms with Crippen LogP contribution in [0.3, 0.4) is 0 Å². The molecule has 0 aliphatic heterocycles. The van der Waals surface area contributed by atoms with Crippen molar-refractivity contribution in [3.8, 4) is 5.75 Å². The summed E-state index contributed by atoms with van der Waals surface area (Å²) in [6, 6.07) is 2.99. The number of benzene rings is 1. The Balaban J connectivity index is 2.90. The molecule has 3 nitrogen and oxygen atoms in total. The van der Waals surface area contributed by atoms with Gasteiger partial charge in [-0.15, -0.1) is 0 Å². The summed E-state index contributed by atoms with van der Waals surface area (Å²) in [5.41, 5.74) is -3.17. The molecule has 1 aromatic rings. The van der Waals surface area contributed by atoms with E-state index in [-0.39, 0.29) is 34.8 Å². The van der Waals surface area contributed by atoms with Gasteiger partial charge in [0, 0.05) is 16.4 Å². The zero-order valence-corrected chi connectivity index (χ0v) is 13.0. The Morgan fingerprint density at radius 3 is 2.40 bits per heavy atom. The predicted molar refractivity (Wildman–Crippen MR) is 73.0 cm³/mol. The minimum Gasteiger partial charge on any atom is -0.491 e. The van der Waals surface area contributed by atoms with Crippen LogP contribution in [0, 0.1) is 13.8 Å². The SMILES string of the molecule is Cc1cc(C)c(OCCSC(F)(F)F)c(S(=O)(=O)Cl)c1. The molecule has 0 spiro atoms. The summed E-state index contributed by atoms with van der Waals surface area (Å²) in [5.74, 6) is -0.341. The quantitative estimate of drug-likeness (QED) is 0.598. The molecule has 0 aliphatic rings. The van der Waals surface area contributed by atoms with Crippen molar-refractivity contribution < 1.29 is 26.3 Å². The smallest absolute Gasteiger partial charge is 0.441 e.